The van der Waals surface area contributed by atoms with Gasteiger partial charge in [0.15, 0.2) is 0 Å². The van der Waals surface area contributed by atoms with Crippen LogP contribution in [-0.4, -0.2) is 0 Å². The van der Waals surface area contributed by atoms with Crippen LogP contribution in [0.3, 0.4) is 0 Å². The maximum Gasteiger partial charge on any atom is -0.00260 e. The highest BCUT2D eigenvalue weighted by atomic mass is 14.3. The number of fused-ring (bicyclic) bond motifs is 11. The van der Waals surface area contributed by atoms with Crippen LogP contribution < -0.4 is 0 Å². The van der Waals surface area contributed by atoms with E-state index in [2.05, 4.69) is 168 Å². The Bertz CT molecular complexity index is 2800. The molecule has 8 aromatic rings. The minimum Gasteiger partial charge on any atom is -0.0587 e. The van der Waals surface area contributed by atoms with Gasteiger partial charge < -0.3 is 0 Å². The average molecular weight is 729 g/mol. The predicted molar refractivity (Wildman–Crippen MR) is 247 cm³/mol. The molecule has 0 heterocycles. The van der Waals surface area contributed by atoms with Gasteiger partial charge in [-0.1, -0.05) is 132 Å². The topological polar surface area (TPSA) is 0 Å². The van der Waals surface area contributed by atoms with Gasteiger partial charge in [-0.15, -0.1) is 0 Å². The van der Waals surface area contributed by atoms with E-state index in [1.807, 2.05) is 0 Å². The Balaban J connectivity index is 1.33. The van der Waals surface area contributed by atoms with Crippen molar-refractivity contribution in [3.8, 4) is 44.5 Å². The number of benzene rings is 8. The molecular weight excluding hydrogens is 673 g/mol. The van der Waals surface area contributed by atoms with E-state index in [0.717, 1.165) is 0 Å². The highest BCUT2D eigenvalue weighted by Gasteiger charge is 2.29. The lowest BCUT2D eigenvalue weighted by Gasteiger charge is -2.20. The van der Waals surface area contributed by atoms with Crippen LogP contribution in [0.2, 0.25) is 0 Å². The van der Waals surface area contributed by atoms with Crippen LogP contribution in [-0.2, 0) is 0 Å². The van der Waals surface area contributed by atoms with Gasteiger partial charge >= 0.3 is 0 Å². The smallest absolute Gasteiger partial charge is 0.00260 e. The summed E-state index contributed by atoms with van der Waals surface area (Å²) in [4.78, 5) is 0. The van der Waals surface area contributed by atoms with Crippen LogP contribution in [0.1, 0.15) is 152 Å². The molecule has 10 rings (SSSR count). The first kappa shape index (κ1) is 35.5. The molecule has 8 aromatic carbocycles. The van der Waals surface area contributed by atoms with Gasteiger partial charge in [0.25, 0.3) is 0 Å². The lowest BCUT2D eigenvalue weighted by atomic mass is 9.83. The Hall–Kier alpha value is -4.94. The highest BCUT2D eigenvalue weighted by molar-refractivity contribution is 6.26. The summed E-state index contributed by atoms with van der Waals surface area (Å²) in [6.45, 7) is 28.2. The van der Waals surface area contributed by atoms with Crippen LogP contribution in [0.25, 0.3) is 98.4 Å². The fourth-order valence-corrected chi connectivity index (χ4v) is 10.3. The fourth-order valence-electron chi connectivity index (χ4n) is 10.3. The molecular formula is C56H56. The van der Waals surface area contributed by atoms with Gasteiger partial charge in [0, 0.05) is 0 Å². The molecule has 0 spiro atoms. The first-order valence-corrected chi connectivity index (χ1v) is 21.5. The summed E-state index contributed by atoms with van der Waals surface area (Å²) in [6.07, 6.45) is 0. The molecule has 0 heteroatoms. The minimum atomic E-state index is 0.383. The van der Waals surface area contributed by atoms with Gasteiger partial charge in [-0.25, -0.2) is 0 Å². The first-order chi connectivity index (χ1) is 26.7. The normalized spacial score (nSPS) is 13.2. The van der Waals surface area contributed by atoms with Crippen molar-refractivity contribution in [2.24, 2.45) is 0 Å². The maximum atomic E-state index is 2.59. The molecule has 0 radical (unpaired) electrons. The molecule has 0 unspecified atom stereocenters. The first-order valence-electron chi connectivity index (χ1n) is 21.5. The van der Waals surface area contributed by atoms with Gasteiger partial charge in [-0.05, 0) is 204 Å². The summed E-state index contributed by atoms with van der Waals surface area (Å²) in [6, 6.07) is 35.3. The summed E-state index contributed by atoms with van der Waals surface area (Å²) in [5.41, 5.74) is 19.8. The lowest BCUT2D eigenvalue weighted by molar-refractivity contribution is 0.865. The van der Waals surface area contributed by atoms with Crippen LogP contribution in [0.5, 0.6) is 0 Å². The van der Waals surface area contributed by atoms with Crippen molar-refractivity contribution < 1.29 is 0 Å². The maximum absolute atomic E-state index is 2.59. The Morgan fingerprint density at radius 1 is 0.232 bits per heavy atom. The molecule has 0 nitrogen and oxygen atoms in total. The van der Waals surface area contributed by atoms with Gasteiger partial charge in [-0.2, -0.15) is 0 Å². The second-order valence-corrected chi connectivity index (χ2v) is 19.3. The van der Waals surface area contributed by atoms with Crippen molar-refractivity contribution in [1.82, 2.24) is 0 Å². The summed E-state index contributed by atoms with van der Waals surface area (Å²) < 4.78 is 0. The highest BCUT2D eigenvalue weighted by Crippen LogP contribution is 2.55. The lowest BCUT2D eigenvalue weighted by Crippen LogP contribution is -1.97. The zero-order valence-corrected chi connectivity index (χ0v) is 35.5. The van der Waals surface area contributed by atoms with Crippen LogP contribution in [0.15, 0.2) is 84.9 Å². The van der Waals surface area contributed by atoms with Crippen molar-refractivity contribution in [2.75, 3.05) is 0 Å². The molecule has 0 bridgehead atoms. The van der Waals surface area contributed by atoms with E-state index in [1.165, 1.54) is 132 Å². The molecule has 56 heavy (non-hydrogen) atoms. The number of rotatable bonds is 6. The van der Waals surface area contributed by atoms with E-state index in [9.17, 15) is 0 Å². The summed E-state index contributed by atoms with van der Waals surface area (Å²) in [7, 11) is 0. The standard InChI is InChI=1S/C56H56/c1-27(2)33-13-37-15-35(29(5)6)19-53-49-25-45-41(23-47(49)51(17-33)55(37)53)39(31(9)10)21-44-43(45)22-40(32(11)12)42-24-48-50(26-46(42)44)54-20-36(30(7)8)16-38-14-34(28(3)4)18-52(48)56(38)54/h13-32H,1-12H3. The van der Waals surface area contributed by atoms with Crippen LogP contribution in [0.4, 0.5) is 0 Å². The Morgan fingerprint density at radius 3 is 0.732 bits per heavy atom. The molecule has 0 fully saturated rings. The third-order valence-electron chi connectivity index (χ3n) is 13.7. The predicted octanol–water partition coefficient (Wildman–Crippen LogP) is 17.5. The van der Waals surface area contributed by atoms with E-state index >= 15 is 0 Å². The average Bonchev–Trinajstić information content (AvgIpc) is 3.64. The number of hydrogen-bond acceptors (Lipinski definition) is 0. The van der Waals surface area contributed by atoms with Crippen molar-refractivity contribution in [1.29, 1.82) is 0 Å². The minimum absolute atomic E-state index is 0.383. The quantitative estimate of drug-likeness (QED) is 0.150. The second kappa shape index (κ2) is 12.3. The molecule has 0 saturated carbocycles. The third-order valence-corrected chi connectivity index (χ3v) is 13.7. The molecule has 0 amide bonds. The fraction of sp³-hybridized carbons (Fsp3) is 0.321. The van der Waals surface area contributed by atoms with E-state index in [4.69, 9.17) is 0 Å². The van der Waals surface area contributed by atoms with E-state index in [-0.39, 0.29) is 0 Å². The van der Waals surface area contributed by atoms with Gasteiger partial charge in [0.1, 0.15) is 0 Å². The van der Waals surface area contributed by atoms with Crippen molar-refractivity contribution in [2.45, 2.75) is 119 Å². The largest absolute Gasteiger partial charge is 0.0587 e. The Kier molecular flexibility index (Phi) is 7.78. The Labute approximate surface area is 334 Å². The second-order valence-electron chi connectivity index (χ2n) is 19.3. The van der Waals surface area contributed by atoms with Crippen molar-refractivity contribution >= 4 is 53.9 Å². The Morgan fingerprint density at radius 2 is 0.482 bits per heavy atom. The zero-order chi connectivity index (χ0) is 39.2. The van der Waals surface area contributed by atoms with Crippen molar-refractivity contribution in [3.05, 3.63) is 118 Å². The zero-order valence-electron chi connectivity index (χ0n) is 35.5. The van der Waals surface area contributed by atoms with Gasteiger partial charge in [-0.3, -0.25) is 0 Å². The molecule has 0 aliphatic heterocycles. The van der Waals surface area contributed by atoms with Gasteiger partial charge in [0.05, 0.1) is 0 Å². The monoisotopic (exact) mass is 728 g/mol. The van der Waals surface area contributed by atoms with E-state index in [0.29, 0.717) is 35.5 Å². The van der Waals surface area contributed by atoms with E-state index < -0.39 is 0 Å². The molecule has 2 aliphatic carbocycles. The van der Waals surface area contributed by atoms with Gasteiger partial charge in [0.2, 0.25) is 0 Å². The van der Waals surface area contributed by atoms with Crippen molar-refractivity contribution in [3.63, 3.8) is 0 Å². The molecule has 280 valence electrons. The molecule has 2 aliphatic rings. The molecule has 0 N–H and O–H groups in total. The summed E-state index contributed by atoms with van der Waals surface area (Å²) in [5.74, 6) is 2.64. The number of hydrogen-bond donors (Lipinski definition) is 0. The molecule has 0 atom stereocenters. The molecule has 0 saturated heterocycles. The molecule has 0 aromatic heterocycles. The van der Waals surface area contributed by atoms with E-state index in [1.54, 1.807) is 0 Å². The summed E-state index contributed by atoms with van der Waals surface area (Å²) in [5, 5.41) is 14.0. The SMILES string of the molecule is CC(C)c1cc2c3c(cc(C(C)C)cc3c1)-c1cc3c(cc1-2)c(C(C)C)cc1c2cc4c(cc2c(C(C)C)cc31)-c1cc(C(C)C)cc2cc(C(C)C)cc-4c12. The third kappa shape index (κ3) is 4.97. The summed E-state index contributed by atoms with van der Waals surface area (Å²) >= 11 is 0. The van der Waals surface area contributed by atoms with Crippen LogP contribution >= 0.6 is 0 Å². The van der Waals surface area contributed by atoms with Crippen LogP contribution in [0, 0.1) is 0 Å².